The number of amides is 8. The molecule has 20 rings (SSSR count). The number of nitrogens with zero attached hydrogens (tertiary/aromatic N) is 12. The molecule has 4 aromatic carbocycles. The third-order valence-electron chi connectivity index (χ3n) is 25.3. The molecule has 0 saturated carbocycles. The fourth-order valence-corrected chi connectivity index (χ4v) is 23.4. The molecule has 0 radical (unpaired) electrons. The standard InChI is InChI=1S/4C21H27N5O3S/c4*1-13-8-9-29-20-18(11-23-26(20)12-13)30(22,28)25-21(27)24-19-16-6-2-4-14(16)10-15-5-3-7-17(15)19/h4*10-11,13H,2-9,12H2,1H3,(H3,22,24,25,27,28)/t4*13-,30?/m1100/s1. The van der Waals surface area contributed by atoms with Gasteiger partial charge in [-0.2, -0.15) is 20.4 Å². The normalized spacial score (nSPS) is 21.6. The first-order valence-electron chi connectivity index (χ1n) is 42.5. The minimum Gasteiger partial charge on any atom is -0.477 e. The molecule has 4 aromatic heterocycles. The van der Waals surface area contributed by atoms with E-state index >= 15 is 0 Å². The molecule has 120 heavy (non-hydrogen) atoms. The van der Waals surface area contributed by atoms with Crippen LogP contribution in [-0.4, -0.2) is 107 Å². The molecule has 8 aliphatic carbocycles. The first-order valence-corrected chi connectivity index (χ1v) is 48.8. The van der Waals surface area contributed by atoms with Gasteiger partial charge in [-0.05, 0) is 292 Å². The Bertz CT molecular complexity index is 5170. The van der Waals surface area contributed by atoms with Gasteiger partial charge in [0.1, 0.15) is 19.6 Å². The highest BCUT2D eigenvalue weighted by Crippen LogP contribution is 2.45. The van der Waals surface area contributed by atoms with E-state index in [9.17, 15) is 36.0 Å². The zero-order valence-corrected chi connectivity index (χ0v) is 71.9. The first kappa shape index (κ1) is 82.7. The summed E-state index contributed by atoms with van der Waals surface area (Å²) in [6.45, 7) is 13.0. The molecule has 8 amide bonds. The average molecular weight is 1720 g/mol. The number of anilines is 4. The number of urea groups is 4. The smallest absolute Gasteiger partial charge is 0.354 e. The SMILES string of the molecule is C[C@@H]1CCOc2c(S(N)(=O)=NC(=O)Nc3c4c(cc5c3CCC5)CCC4)cnn2C1.C[C@@H]1CCOc2c(S(N)(=O)=NC(=O)Nc3c4c(cc5c3CCC5)CCC4)cnn2C1.C[C@H]1CCOc2c(S(N)(=O)=NC(=O)Nc3c4c(cc5c3CCC5)CCC4)cnn2C1.C[C@H]1CCOc2c(S(N)(=O)=NC(=O)Nc3c4c(cc5c3CCC5)CCC4)cnn2C1. The van der Waals surface area contributed by atoms with Gasteiger partial charge in [0.25, 0.3) is 0 Å². The Morgan fingerprint density at radius 1 is 0.317 bits per heavy atom. The molecule has 0 saturated heterocycles. The lowest BCUT2D eigenvalue weighted by molar-refractivity contribution is 0.259. The van der Waals surface area contributed by atoms with Crippen LogP contribution in [0.5, 0.6) is 23.5 Å². The van der Waals surface area contributed by atoms with Crippen molar-refractivity contribution >= 4 is 86.5 Å². The largest absolute Gasteiger partial charge is 0.477 e. The van der Waals surface area contributed by atoms with Crippen LogP contribution in [0.3, 0.4) is 0 Å². The molecule has 8 aromatic rings. The van der Waals surface area contributed by atoms with E-state index in [4.69, 9.17) is 39.5 Å². The number of fused-ring (bicyclic) bond motifs is 12. The molecule has 640 valence electrons. The summed E-state index contributed by atoms with van der Waals surface area (Å²) in [4.78, 5) is 51.9. The topological polar surface area (TPSA) is 446 Å². The zero-order valence-electron chi connectivity index (χ0n) is 68.6. The highest BCUT2D eigenvalue weighted by molar-refractivity contribution is 7.92. The van der Waals surface area contributed by atoms with Gasteiger partial charge in [-0.1, -0.05) is 52.0 Å². The van der Waals surface area contributed by atoms with E-state index in [0.29, 0.717) is 99.8 Å². The predicted molar refractivity (Wildman–Crippen MR) is 456 cm³/mol. The molecule has 4 unspecified atom stereocenters. The van der Waals surface area contributed by atoms with Crippen molar-refractivity contribution in [1.82, 2.24) is 39.1 Å². The second-order valence-electron chi connectivity index (χ2n) is 34.2. The Morgan fingerprint density at radius 3 is 0.667 bits per heavy atom. The van der Waals surface area contributed by atoms with E-state index < -0.39 is 63.8 Å². The molecule has 0 fully saturated rings. The molecule has 8 atom stereocenters. The van der Waals surface area contributed by atoms with Gasteiger partial charge in [0, 0.05) is 48.9 Å². The molecular formula is C84H108N20O12S4. The summed E-state index contributed by atoms with van der Waals surface area (Å²) in [6.07, 6.45) is 33.7. The van der Waals surface area contributed by atoms with Gasteiger partial charge >= 0.3 is 24.1 Å². The summed E-state index contributed by atoms with van der Waals surface area (Å²) in [5, 5.41) is 52.9. The van der Waals surface area contributed by atoms with E-state index in [1.165, 1.54) is 114 Å². The lowest BCUT2D eigenvalue weighted by Crippen LogP contribution is -2.19. The van der Waals surface area contributed by atoms with Crippen LogP contribution in [0.1, 0.15) is 194 Å². The molecule has 0 bridgehead atoms. The Labute approximate surface area is 700 Å². The summed E-state index contributed by atoms with van der Waals surface area (Å²) < 4.78 is 97.9. The maximum Gasteiger partial charge on any atom is 0.354 e. The number of nitrogens with one attached hydrogen (secondary N) is 4. The molecule has 8 heterocycles. The number of aryl methyl sites for hydroxylation is 8. The van der Waals surface area contributed by atoms with Gasteiger partial charge in [0.2, 0.25) is 23.5 Å². The van der Waals surface area contributed by atoms with Crippen LogP contribution in [0.15, 0.2) is 86.1 Å². The third kappa shape index (κ3) is 17.1. The minimum absolute atomic E-state index is 0.176. The van der Waals surface area contributed by atoms with E-state index in [2.05, 4.69) is 111 Å². The summed E-state index contributed by atoms with van der Waals surface area (Å²) in [6, 6.07) is 6.46. The van der Waals surface area contributed by atoms with Crippen LogP contribution < -0.4 is 60.8 Å². The number of benzene rings is 4. The number of aromatic nitrogens is 8. The van der Waals surface area contributed by atoms with Gasteiger partial charge < -0.3 is 40.2 Å². The second kappa shape index (κ2) is 34.0. The summed E-state index contributed by atoms with van der Waals surface area (Å²) >= 11 is 0. The molecule has 32 nitrogen and oxygen atoms in total. The lowest BCUT2D eigenvalue weighted by Gasteiger charge is -2.15. The molecular weight excluding hydrogens is 1610 g/mol. The van der Waals surface area contributed by atoms with Crippen molar-refractivity contribution in [1.29, 1.82) is 0 Å². The Kier molecular flexibility index (Phi) is 23.5. The molecule has 4 aliphatic heterocycles. The zero-order chi connectivity index (χ0) is 83.5. The van der Waals surface area contributed by atoms with E-state index in [1.807, 2.05) is 0 Å². The van der Waals surface area contributed by atoms with E-state index in [-0.39, 0.29) is 19.6 Å². The highest BCUT2D eigenvalue weighted by Gasteiger charge is 2.35. The van der Waals surface area contributed by atoms with Crippen molar-refractivity contribution in [2.45, 2.75) is 253 Å². The van der Waals surface area contributed by atoms with E-state index in [0.717, 1.165) is 203 Å². The summed E-state index contributed by atoms with van der Waals surface area (Å²) in [7, 11) is -13.9. The summed E-state index contributed by atoms with van der Waals surface area (Å²) in [5.41, 5.74) is 23.5. The Morgan fingerprint density at radius 2 is 0.492 bits per heavy atom. The van der Waals surface area contributed by atoms with Crippen molar-refractivity contribution < 1.29 is 55.0 Å². The second-order valence-corrected chi connectivity index (χ2v) is 41.3. The van der Waals surface area contributed by atoms with E-state index in [1.54, 1.807) is 18.7 Å². The first-order chi connectivity index (χ1) is 57.7. The van der Waals surface area contributed by atoms with Gasteiger partial charge in [-0.25, -0.2) is 75.3 Å². The molecule has 12 aliphatic rings. The maximum atomic E-state index is 13.2. The van der Waals surface area contributed by atoms with Crippen molar-refractivity contribution in [3.63, 3.8) is 0 Å². The number of ether oxygens (including phenoxy) is 4. The number of nitrogens with two attached hydrogens (primary N) is 4. The van der Waals surface area contributed by atoms with Crippen LogP contribution in [0.25, 0.3) is 0 Å². The quantitative estimate of drug-likeness (QED) is 0.0700. The predicted octanol–water partition coefficient (Wildman–Crippen LogP) is 12.8. The van der Waals surface area contributed by atoms with Gasteiger partial charge in [0.15, 0.2) is 39.7 Å². The third-order valence-corrected chi connectivity index (χ3v) is 30.7. The van der Waals surface area contributed by atoms with Crippen LogP contribution in [-0.2, 0) is 169 Å². The number of hydrogen-bond acceptors (Lipinski definition) is 16. The van der Waals surface area contributed by atoms with Crippen molar-refractivity contribution in [3.8, 4) is 23.5 Å². The Hall–Kier alpha value is -9.56. The number of rotatable bonds is 8. The lowest BCUT2D eigenvalue weighted by atomic mass is 9.99. The minimum atomic E-state index is -3.48. The number of carbonyl (C=O) groups excluding carboxylic acids is 4. The molecule has 12 N–H and O–H groups in total. The van der Waals surface area contributed by atoms with Gasteiger partial charge in [-0.15, -0.1) is 17.5 Å². The van der Waals surface area contributed by atoms with Gasteiger partial charge in [-0.3, -0.25) is 0 Å². The molecule has 36 heteroatoms. The van der Waals surface area contributed by atoms with Crippen LogP contribution in [0, 0.1) is 23.7 Å². The fourth-order valence-electron chi connectivity index (χ4n) is 19.4. The van der Waals surface area contributed by atoms with Gasteiger partial charge in [0.05, 0.1) is 51.2 Å². The number of hydrogen-bond donors (Lipinski definition) is 8. The van der Waals surface area contributed by atoms with Crippen molar-refractivity contribution in [3.05, 3.63) is 138 Å². The van der Waals surface area contributed by atoms with Crippen molar-refractivity contribution in [2.75, 3.05) is 47.7 Å². The number of carbonyl (C=O) groups is 4. The van der Waals surface area contributed by atoms with Crippen LogP contribution in [0.4, 0.5) is 41.9 Å². The highest BCUT2D eigenvalue weighted by atomic mass is 32.2. The maximum absolute atomic E-state index is 13.2. The van der Waals surface area contributed by atoms with Crippen LogP contribution >= 0.6 is 0 Å². The van der Waals surface area contributed by atoms with Crippen LogP contribution in [0.2, 0.25) is 0 Å². The Balaban J connectivity index is 0.000000114. The van der Waals surface area contributed by atoms with Crippen molar-refractivity contribution in [2.24, 2.45) is 61.7 Å². The monoisotopic (exact) mass is 1720 g/mol. The summed E-state index contributed by atoms with van der Waals surface area (Å²) in [5.74, 6) is 2.95. The molecule has 0 spiro atoms. The average Bonchev–Trinajstić information content (AvgIpc) is 1.60. The fraction of sp³-hybridized carbons (Fsp3) is 0.524.